The normalized spacial score (nSPS) is 10.2. The second kappa shape index (κ2) is 9.19. The molecule has 2 N–H and O–H groups in total. The van der Waals surface area contributed by atoms with E-state index in [0.717, 1.165) is 12.2 Å². The van der Waals surface area contributed by atoms with Crippen LogP contribution in [0.2, 0.25) is 0 Å². The number of benzene rings is 1. The summed E-state index contributed by atoms with van der Waals surface area (Å²) < 4.78 is 5.04. The molecule has 0 aliphatic carbocycles. The highest BCUT2D eigenvalue weighted by Crippen LogP contribution is 2.23. The summed E-state index contributed by atoms with van der Waals surface area (Å²) >= 11 is 1.62. The van der Waals surface area contributed by atoms with Gasteiger partial charge >= 0.3 is 0 Å². The predicted molar refractivity (Wildman–Crippen MR) is 81.0 cm³/mol. The lowest BCUT2D eigenvalue weighted by atomic mass is 10.1. The zero-order valence-electron chi connectivity index (χ0n) is 11.7. The van der Waals surface area contributed by atoms with E-state index in [1.165, 1.54) is 25.3 Å². The molecule has 1 amide bonds. The van der Waals surface area contributed by atoms with Crippen molar-refractivity contribution in [3.05, 3.63) is 33.9 Å². The van der Waals surface area contributed by atoms with Crippen molar-refractivity contribution in [3.8, 4) is 5.75 Å². The van der Waals surface area contributed by atoms with Crippen LogP contribution in [-0.2, 0) is 0 Å². The molecule has 8 heteroatoms. The maximum absolute atomic E-state index is 12.0. The molecule has 0 saturated heterocycles. The average Bonchev–Trinajstić information content (AvgIpc) is 2.49. The van der Waals surface area contributed by atoms with E-state index in [2.05, 4.69) is 5.32 Å². The second-order valence-electron chi connectivity index (χ2n) is 4.09. The van der Waals surface area contributed by atoms with Gasteiger partial charge in [-0.1, -0.05) is 0 Å². The Morgan fingerprint density at radius 1 is 1.48 bits per heavy atom. The van der Waals surface area contributed by atoms with E-state index in [1.54, 1.807) is 11.8 Å². The number of amides is 1. The van der Waals surface area contributed by atoms with Gasteiger partial charge in [0.2, 0.25) is 0 Å². The molecule has 0 unspecified atom stereocenters. The number of carbonyl (C=O) groups is 1. The quantitative estimate of drug-likeness (QED) is 0.406. The third-order valence-corrected chi connectivity index (χ3v) is 3.69. The van der Waals surface area contributed by atoms with Crippen molar-refractivity contribution in [2.24, 2.45) is 0 Å². The molecule has 0 radical (unpaired) electrons. The zero-order chi connectivity index (χ0) is 15.7. The fourth-order valence-electron chi connectivity index (χ4n) is 1.59. The van der Waals surface area contributed by atoms with E-state index in [1.807, 2.05) is 0 Å². The maximum Gasteiger partial charge on any atom is 0.270 e. The van der Waals surface area contributed by atoms with Crippen LogP contribution >= 0.6 is 11.8 Å². The number of aliphatic hydroxyl groups is 1. The van der Waals surface area contributed by atoms with Crippen molar-refractivity contribution in [1.82, 2.24) is 5.32 Å². The number of ether oxygens (including phenoxy) is 1. The van der Waals surface area contributed by atoms with Crippen molar-refractivity contribution < 1.29 is 19.6 Å². The lowest BCUT2D eigenvalue weighted by Gasteiger charge is -2.09. The number of carbonyl (C=O) groups excluding carboxylic acids is 1. The lowest BCUT2D eigenvalue weighted by molar-refractivity contribution is -0.384. The standard InChI is InChI=1S/C13H18N2O5S/c1-20-12-4-3-10(15(18)19)9-11(12)13(17)14-5-8-21-7-2-6-16/h3-4,9,16H,2,5-8H2,1H3,(H,14,17). The molecule has 0 heterocycles. The Bertz CT molecular complexity index is 495. The number of thioether (sulfide) groups is 1. The fraction of sp³-hybridized carbons (Fsp3) is 0.462. The summed E-state index contributed by atoms with van der Waals surface area (Å²) in [5.41, 5.74) is -0.00895. The Morgan fingerprint density at radius 2 is 2.24 bits per heavy atom. The Hall–Kier alpha value is -1.80. The highest BCUT2D eigenvalue weighted by Gasteiger charge is 2.16. The minimum Gasteiger partial charge on any atom is -0.496 e. The summed E-state index contributed by atoms with van der Waals surface area (Å²) in [5.74, 6) is 1.43. The molecule has 0 spiro atoms. The number of rotatable bonds is 9. The van der Waals surface area contributed by atoms with Gasteiger partial charge in [0.05, 0.1) is 17.6 Å². The summed E-state index contributed by atoms with van der Waals surface area (Å²) in [6.45, 7) is 0.602. The highest BCUT2D eigenvalue weighted by molar-refractivity contribution is 7.99. The Morgan fingerprint density at radius 3 is 2.86 bits per heavy atom. The molecule has 116 valence electrons. The first-order valence-electron chi connectivity index (χ1n) is 6.39. The van der Waals surface area contributed by atoms with Crippen LogP contribution in [0.15, 0.2) is 18.2 Å². The van der Waals surface area contributed by atoms with Gasteiger partial charge in [0.25, 0.3) is 11.6 Å². The van der Waals surface area contributed by atoms with Crippen LogP contribution in [0.1, 0.15) is 16.8 Å². The van der Waals surface area contributed by atoms with E-state index in [-0.39, 0.29) is 17.9 Å². The molecule has 0 saturated carbocycles. The first-order chi connectivity index (χ1) is 10.1. The third-order valence-electron chi connectivity index (χ3n) is 2.62. The molecule has 0 aliphatic rings. The van der Waals surface area contributed by atoms with Gasteiger partial charge in [0.15, 0.2) is 0 Å². The molecular weight excluding hydrogens is 296 g/mol. The van der Waals surface area contributed by atoms with Gasteiger partial charge < -0.3 is 15.2 Å². The Balaban J connectivity index is 2.59. The molecule has 0 aromatic heterocycles. The number of nitro groups is 1. The van der Waals surface area contributed by atoms with Crippen molar-refractivity contribution in [2.75, 3.05) is 31.8 Å². The van der Waals surface area contributed by atoms with Crippen LogP contribution in [-0.4, -0.2) is 47.7 Å². The molecular formula is C13H18N2O5S. The minimum atomic E-state index is -0.555. The van der Waals surface area contributed by atoms with Gasteiger partial charge in [-0.3, -0.25) is 14.9 Å². The first-order valence-corrected chi connectivity index (χ1v) is 7.55. The monoisotopic (exact) mass is 314 g/mol. The van der Waals surface area contributed by atoms with Crippen LogP contribution in [0, 0.1) is 10.1 Å². The number of non-ortho nitro benzene ring substituents is 1. The van der Waals surface area contributed by atoms with E-state index in [4.69, 9.17) is 9.84 Å². The van der Waals surface area contributed by atoms with Crippen LogP contribution in [0.5, 0.6) is 5.75 Å². The van der Waals surface area contributed by atoms with Gasteiger partial charge in [-0.2, -0.15) is 11.8 Å². The highest BCUT2D eigenvalue weighted by atomic mass is 32.2. The predicted octanol–water partition coefficient (Wildman–Crippen LogP) is 1.45. The van der Waals surface area contributed by atoms with Crippen molar-refractivity contribution >= 4 is 23.4 Å². The summed E-state index contributed by atoms with van der Waals surface area (Å²) in [6.07, 6.45) is 0.720. The summed E-state index contributed by atoms with van der Waals surface area (Å²) in [5, 5.41) is 22.1. The molecule has 0 atom stereocenters. The largest absolute Gasteiger partial charge is 0.496 e. The zero-order valence-corrected chi connectivity index (χ0v) is 12.5. The first kappa shape index (κ1) is 17.3. The van der Waals surface area contributed by atoms with Crippen LogP contribution in [0.25, 0.3) is 0 Å². The van der Waals surface area contributed by atoms with Gasteiger partial charge in [-0.25, -0.2) is 0 Å². The van der Waals surface area contributed by atoms with Crippen molar-refractivity contribution in [2.45, 2.75) is 6.42 Å². The van der Waals surface area contributed by atoms with E-state index < -0.39 is 10.8 Å². The summed E-state index contributed by atoms with van der Waals surface area (Å²) in [6, 6.07) is 3.90. The topological polar surface area (TPSA) is 102 Å². The number of hydrogen-bond acceptors (Lipinski definition) is 6. The van der Waals surface area contributed by atoms with E-state index >= 15 is 0 Å². The molecule has 1 aromatic carbocycles. The van der Waals surface area contributed by atoms with Gasteiger partial charge in [-0.15, -0.1) is 0 Å². The van der Waals surface area contributed by atoms with Crippen LogP contribution < -0.4 is 10.1 Å². The molecule has 1 aromatic rings. The smallest absolute Gasteiger partial charge is 0.270 e. The van der Waals surface area contributed by atoms with Gasteiger partial charge in [-0.05, 0) is 18.2 Å². The molecule has 0 fully saturated rings. The van der Waals surface area contributed by atoms with E-state index in [0.29, 0.717) is 18.0 Å². The Kier molecular flexibility index (Phi) is 7.55. The maximum atomic E-state index is 12.0. The average molecular weight is 314 g/mol. The fourth-order valence-corrected chi connectivity index (χ4v) is 2.37. The van der Waals surface area contributed by atoms with Crippen molar-refractivity contribution in [3.63, 3.8) is 0 Å². The van der Waals surface area contributed by atoms with E-state index in [9.17, 15) is 14.9 Å². The number of hydrogen-bond donors (Lipinski definition) is 2. The van der Waals surface area contributed by atoms with Crippen LogP contribution in [0.3, 0.4) is 0 Å². The van der Waals surface area contributed by atoms with Crippen LogP contribution in [0.4, 0.5) is 5.69 Å². The Labute approximate surface area is 126 Å². The lowest BCUT2D eigenvalue weighted by Crippen LogP contribution is -2.26. The number of nitrogens with zero attached hydrogens (tertiary/aromatic N) is 1. The second-order valence-corrected chi connectivity index (χ2v) is 5.31. The van der Waals surface area contributed by atoms with Gasteiger partial charge in [0, 0.05) is 31.0 Å². The number of aliphatic hydroxyl groups excluding tert-OH is 1. The third kappa shape index (κ3) is 5.60. The molecule has 0 aliphatic heterocycles. The SMILES string of the molecule is COc1ccc([N+](=O)[O-])cc1C(=O)NCCSCCCO. The summed E-state index contributed by atoms with van der Waals surface area (Å²) in [7, 11) is 1.41. The molecule has 7 nitrogen and oxygen atoms in total. The molecule has 1 rings (SSSR count). The number of nitro benzene ring substituents is 1. The molecule has 0 bridgehead atoms. The minimum absolute atomic E-state index is 0.145. The number of methoxy groups -OCH3 is 1. The van der Waals surface area contributed by atoms with Gasteiger partial charge in [0.1, 0.15) is 5.75 Å². The van der Waals surface area contributed by atoms with Crippen molar-refractivity contribution in [1.29, 1.82) is 0 Å². The summed E-state index contributed by atoms with van der Waals surface area (Å²) in [4.78, 5) is 22.2. The molecule has 21 heavy (non-hydrogen) atoms. The number of nitrogens with one attached hydrogen (secondary N) is 1.